The average molecular weight is 439 g/mol. The third kappa shape index (κ3) is 3.58. The van der Waals surface area contributed by atoms with Crippen LogP contribution in [0.4, 0.5) is 0 Å². The van der Waals surface area contributed by atoms with Gasteiger partial charge in [-0.3, -0.25) is 9.36 Å². The number of thiophene rings is 1. The number of para-hydroxylation sites is 1. The van der Waals surface area contributed by atoms with Crippen molar-refractivity contribution in [3.63, 3.8) is 0 Å². The molecule has 0 atom stereocenters. The van der Waals surface area contributed by atoms with Gasteiger partial charge < -0.3 is 4.42 Å². The predicted octanol–water partition coefficient (Wildman–Crippen LogP) is 4.95. The lowest BCUT2D eigenvalue weighted by atomic mass is 10.1. The van der Waals surface area contributed by atoms with Gasteiger partial charge >= 0.3 is 0 Å². The molecule has 0 spiro atoms. The lowest BCUT2D eigenvalue weighted by Crippen LogP contribution is -2.22. The van der Waals surface area contributed by atoms with Crippen molar-refractivity contribution in [3.05, 3.63) is 62.9 Å². The molecular weight excluding hydrogens is 416 g/mol. The quantitative estimate of drug-likeness (QED) is 0.249. The number of fused-ring (bicyclic) bond motifs is 3. The molecule has 0 radical (unpaired) electrons. The highest BCUT2D eigenvalue weighted by Crippen LogP contribution is 2.35. The Morgan fingerprint density at radius 3 is 2.70 bits per heavy atom. The second-order valence-corrected chi connectivity index (χ2v) is 9.37. The van der Waals surface area contributed by atoms with Crippen LogP contribution in [0.2, 0.25) is 0 Å². The van der Waals surface area contributed by atoms with Crippen molar-refractivity contribution in [1.82, 2.24) is 19.7 Å². The van der Waals surface area contributed by atoms with E-state index in [4.69, 9.17) is 9.40 Å². The van der Waals surface area contributed by atoms with E-state index in [2.05, 4.69) is 10.2 Å². The third-order valence-corrected chi connectivity index (χ3v) is 7.47. The summed E-state index contributed by atoms with van der Waals surface area (Å²) in [5, 5.41) is 9.59. The normalized spacial score (nSPS) is 14.0. The van der Waals surface area contributed by atoms with Gasteiger partial charge in [-0.1, -0.05) is 43.3 Å². The summed E-state index contributed by atoms with van der Waals surface area (Å²) >= 11 is 3.15. The predicted molar refractivity (Wildman–Crippen MR) is 120 cm³/mol. The van der Waals surface area contributed by atoms with Gasteiger partial charge in [0.1, 0.15) is 4.83 Å². The standard InChI is InChI=1S/C22H22N4O2S2/c1-2-17-24-25-18(28-17)13-29-22-23-20-19(15-11-7-4-8-12-16(15)30-20)21(27)26(22)14-9-5-3-6-10-14/h3,5-6,9-10H,2,4,7-8,11-13H2,1H3. The van der Waals surface area contributed by atoms with Gasteiger partial charge in [0.25, 0.3) is 5.56 Å². The second-order valence-electron chi connectivity index (χ2n) is 7.35. The Bertz CT molecular complexity index is 1240. The van der Waals surface area contributed by atoms with E-state index >= 15 is 0 Å². The van der Waals surface area contributed by atoms with Crippen LogP contribution in [0.5, 0.6) is 0 Å². The van der Waals surface area contributed by atoms with Crippen LogP contribution in [-0.4, -0.2) is 19.7 Å². The summed E-state index contributed by atoms with van der Waals surface area (Å²) in [5.41, 5.74) is 2.07. The summed E-state index contributed by atoms with van der Waals surface area (Å²) < 4.78 is 7.38. The summed E-state index contributed by atoms with van der Waals surface area (Å²) in [5.74, 6) is 1.65. The Morgan fingerprint density at radius 1 is 1.10 bits per heavy atom. The smallest absolute Gasteiger partial charge is 0.267 e. The van der Waals surface area contributed by atoms with E-state index in [9.17, 15) is 4.79 Å². The molecule has 8 heteroatoms. The molecule has 6 nitrogen and oxygen atoms in total. The van der Waals surface area contributed by atoms with Crippen LogP contribution in [0, 0.1) is 0 Å². The van der Waals surface area contributed by atoms with Gasteiger partial charge in [0.15, 0.2) is 5.16 Å². The average Bonchev–Trinajstić information content (AvgIpc) is 3.30. The molecule has 4 aromatic rings. The SMILES string of the molecule is CCc1nnc(CSc2nc3sc4c(c3c(=O)n2-c2ccccc2)CCCCC4)o1. The van der Waals surface area contributed by atoms with Gasteiger partial charge in [0, 0.05) is 11.3 Å². The van der Waals surface area contributed by atoms with Gasteiger partial charge in [0.2, 0.25) is 11.8 Å². The van der Waals surface area contributed by atoms with Crippen LogP contribution in [0.3, 0.4) is 0 Å². The molecule has 0 unspecified atom stereocenters. The summed E-state index contributed by atoms with van der Waals surface area (Å²) in [6.07, 6.45) is 6.27. The van der Waals surface area contributed by atoms with E-state index in [0.717, 1.165) is 35.2 Å². The Labute approximate surface area is 182 Å². The highest BCUT2D eigenvalue weighted by molar-refractivity contribution is 7.98. The van der Waals surface area contributed by atoms with Crippen LogP contribution in [0.1, 0.15) is 48.4 Å². The number of benzene rings is 1. The maximum Gasteiger partial charge on any atom is 0.267 e. The molecule has 30 heavy (non-hydrogen) atoms. The van der Waals surface area contributed by atoms with E-state index in [1.54, 1.807) is 15.9 Å². The zero-order chi connectivity index (χ0) is 20.5. The first-order chi connectivity index (χ1) is 14.7. The van der Waals surface area contributed by atoms with Crippen molar-refractivity contribution in [2.45, 2.75) is 56.4 Å². The van der Waals surface area contributed by atoms with Crippen molar-refractivity contribution in [3.8, 4) is 5.69 Å². The van der Waals surface area contributed by atoms with Crippen molar-refractivity contribution >= 4 is 33.3 Å². The van der Waals surface area contributed by atoms with Crippen LogP contribution in [0.15, 0.2) is 44.7 Å². The molecule has 0 amide bonds. The molecule has 154 valence electrons. The van der Waals surface area contributed by atoms with Gasteiger partial charge in [0.05, 0.1) is 16.8 Å². The molecule has 3 aromatic heterocycles. The Balaban J connectivity index is 1.63. The zero-order valence-corrected chi connectivity index (χ0v) is 18.4. The fourth-order valence-corrected chi connectivity index (χ4v) is 6.03. The summed E-state index contributed by atoms with van der Waals surface area (Å²) in [6.45, 7) is 1.98. The summed E-state index contributed by atoms with van der Waals surface area (Å²) in [6, 6.07) is 9.74. The number of aromatic nitrogens is 4. The number of nitrogens with zero attached hydrogens (tertiary/aromatic N) is 4. The molecular formula is C22H22N4O2S2. The first-order valence-corrected chi connectivity index (χ1v) is 12.1. The maximum atomic E-state index is 13.7. The number of rotatable bonds is 5. The van der Waals surface area contributed by atoms with Crippen molar-refractivity contribution in [2.75, 3.05) is 0 Å². The molecule has 0 fully saturated rings. The third-order valence-electron chi connectivity index (χ3n) is 5.36. The molecule has 1 aliphatic carbocycles. The monoisotopic (exact) mass is 438 g/mol. The lowest BCUT2D eigenvalue weighted by molar-refractivity contribution is 0.469. The molecule has 0 N–H and O–H groups in total. The number of aryl methyl sites for hydroxylation is 3. The van der Waals surface area contributed by atoms with E-state index in [1.807, 2.05) is 37.3 Å². The Morgan fingerprint density at radius 2 is 1.90 bits per heavy atom. The molecule has 0 aliphatic heterocycles. The molecule has 0 saturated carbocycles. The summed E-state index contributed by atoms with van der Waals surface area (Å²) in [4.78, 5) is 20.8. The molecule has 3 heterocycles. The lowest BCUT2D eigenvalue weighted by Gasteiger charge is -2.12. The van der Waals surface area contributed by atoms with Crippen LogP contribution in [0.25, 0.3) is 15.9 Å². The maximum absolute atomic E-state index is 13.7. The zero-order valence-electron chi connectivity index (χ0n) is 16.8. The Kier molecular flexibility index (Phi) is 5.43. The first-order valence-electron chi connectivity index (χ1n) is 10.3. The molecule has 1 aliphatic rings. The Hall–Kier alpha value is -2.45. The van der Waals surface area contributed by atoms with Crippen molar-refractivity contribution in [1.29, 1.82) is 0 Å². The molecule has 0 saturated heterocycles. The number of hydrogen-bond donors (Lipinski definition) is 0. The minimum atomic E-state index is 0.0212. The number of hydrogen-bond acceptors (Lipinski definition) is 7. The van der Waals surface area contributed by atoms with Gasteiger partial charge in [-0.2, -0.15) is 0 Å². The highest BCUT2D eigenvalue weighted by atomic mass is 32.2. The fraction of sp³-hybridized carbons (Fsp3) is 0.364. The minimum Gasteiger partial charge on any atom is -0.424 e. The highest BCUT2D eigenvalue weighted by Gasteiger charge is 2.22. The summed E-state index contributed by atoms with van der Waals surface area (Å²) in [7, 11) is 0. The van der Waals surface area contributed by atoms with E-state index in [-0.39, 0.29) is 5.56 Å². The largest absolute Gasteiger partial charge is 0.424 e. The van der Waals surface area contributed by atoms with Gasteiger partial charge in [-0.15, -0.1) is 21.5 Å². The number of thioether (sulfide) groups is 1. The van der Waals surface area contributed by atoms with Gasteiger partial charge in [-0.25, -0.2) is 4.98 Å². The van der Waals surface area contributed by atoms with Crippen molar-refractivity contribution < 1.29 is 4.42 Å². The molecule has 0 bridgehead atoms. The van der Waals surface area contributed by atoms with E-state index < -0.39 is 0 Å². The van der Waals surface area contributed by atoms with E-state index in [1.165, 1.54) is 35.0 Å². The molecule has 1 aromatic carbocycles. The van der Waals surface area contributed by atoms with Crippen molar-refractivity contribution in [2.24, 2.45) is 0 Å². The van der Waals surface area contributed by atoms with Crippen LogP contribution >= 0.6 is 23.1 Å². The minimum absolute atomic E-state index is 0.0212. The van der Waals surface area contributed by atoms with Crippen LogP contribution < -0.4 is 5.56 Å². The fourth-order valence-electron chi connectivity index (χ4n) is 3.88. The van der Waals surface area contributed by atoms with Crippen LogP contribution in [-0.2, 0) is 25.0 Å². The van der Waals surface area contributed by atoms with Gasteiger partial charge in [-0.05, 0) is 43.4 Å². The second kappa shape index (κ2) is 8.35. The first kappa shape index (κ1) is 19.5. The van der Waals surface area contributed by atoms with E-state index in [0.29, 0.717) is 29.1 Å². The topological polar surface area (TPSA) is 73.8 Å². The molecule has 5 rings (SSSR count).